The van der Waals surface area contributed by atoms with Crippen LogP contribution in [0.15, 0.2) is 12.2 Å². The zero-order chi connectivity index (χ0) is 21.7. The molecule has 0 heterocycles. The molecule has 0 saturated heterocycles. The molecule has 0 radical (unpaired) electrons. The monoisotopic (exact) mass is 410 g/mol. The van der Waals surface area contributed by atoms with Gasteiger partial charge in [-0.05, 0) is 59.0 Å². The van der Waals surface area contributed by atoms with Gasteiger partial charge in [0, 0.05) is 13.0 Å². The summed E-state index contributed by atoms with van der Waals surface area (Å²) in [4.78, 5) is 24.6. The van der Waals surface area contributed by atoms with E-state index in [2.05, 4.69) is 24.4 Å². The quantitative estimate of drug-likeness (QED) is 0.204. The fourth-order valence-electron chi connectivity index (χ4n) is 3.39. The van der Waals surface area contributed by atoms with Crippen LogP contribution >= 0.6 is 0 Å². The number of carbonyl (C=O) groups excluding carboxylic acids is 1. The van der Waals surface area contributed by atoms with Gasteiger partial charge in [0.15, 0.2) is 0 Å². The molecule has 5 heteroatoms. The highest BCUT2D eigenvalue weighted by molar-refractivity contribution is 5.75. The van der Waals surface area contributed by atoms with Gasteiger partial charge in [-0.15, -0.1) is 0 Å². The second-order valence-corrected chi connectivity index (χ2v) is 8.29. The maximum Gasteiger partial charge on any atom is 0.320 e. The number of likely N-dealkylation sites (N-methyl/N-ethyl adjacent to an activating group) is 1. The third-order valence-corrected chi connectivity index (χ3v) is 5.30. The molecule has 0 rings (SSSR count). The average Bonchev–Trinajstić information content (AvgIpc) is 2.67. The molecule has 0 aromatic heterocycles. The van der Waals surface area contributed by atoms with Crippen molar-refractivity contribution in [1.29, 1.82) is 0 Å². The largest absolute Gasteiger partial charge is 0.480 e. The summed E-state index contributed by atoms with van der Waals surface area (Å²) >= 11 is 0. The van der Waals surface area contributed by atoms with E-state index in [0.29, 0.717) is 19.4 Å². The van der Waals surface area contributed by atoms with Gasteiger partial charge in [-0.25, -0.2) is 0 Å². The van der Waals surface area contributed by atoms with Crippen molar-refractivity contribution in [2.45, 2.75) is 109 Å². The van der Waals surface area contributed by atoms with Crippen molar-refractivity contribution in [3.63, 3.8) is 0 Å². The molecule has 2 N–H and O–H groups in total. The second kappa shape index (κ2) is 19.9. The zero-order valence-electron chi connectivity index (χ0n) is 19.3. The highest BCUT2D eigenvalue weighted by Gasteiger charge is 2.18. The Morgan fingerprint density at radius 1 is 0.862 bits per heavy atom. The van der Waals surface area contributed by atoms with Crippen LogP contribution < -0.4 is 5.32 Å². The maximum absolute atomic E-state index is 11.8. The van der Waals surface area contributed by atoms with E-state index in [-0.39, 0.29) is 5.91 Å². The Labute approximate surface area is 179 Å². The number of hydrogen-bond donors (Lipinski definition) is 2. The van der Waals surface area contributed by atoms with Gasteiger partial charge in [-0.2, -0.15) is 0 Å². The van der Waals surface area contributed by atoms with E-state index in [4.69, 9.17) is 5.11 Å². The molecule has 1 atom stereocenters. The van der Waals surface area contributed by atoms with E-state index in [1.807, 2.05) is 0 Å². The number of unbranched alkanes of at least 4 members (excludes halogenated alkanes) is 10. The smallest absolute Gasteiger partial charge is 0.320 e. The Kier molecular flexibility index (Phi) is 19.0. The van der Waals surface area contributed by atoms with Gasteiger partial charge in [0.05, 0.1) is 0 Å². The van der Waals surface area contributed by atoms with Crippen molar-refractivity contribution >= 4 is 11.9 Å². The molecule has 0 unspecified atom stereocenters. The number of amides is 1. The van der Waals surface area contributed by atoms with E-state index >= 15 is 0 Å². The molecule has 0 aliphatic heterocycles. The molecule has 170 valence electrons. The number of nitrogens with one attached hydrogen (secondary N) is 1. The molecular weight excluding hydrogens is 364 g/mol. The van der Waals surface area contributed by atoms with Gasteiger partial charge >= 0.3 is 5.97 Å². The van der Waals surface area contributed by atoms with E-state index in [1.165, 1.54) is 51.4 Å². The molecule has 1 amide bonds. The minimum atomic E-state index is -0.783. The number of hydrogen-bond acceptors (Lipinski definition) is 3. The summed E-state index contributed by atoms with van der Waals surface area (Å²) in [5.74, 6) is -0.682. The van der Waals surface area contributed by atoms with Crippen molar-refractivity contribution in [2.24, 2.45) is 0 Å². The zero-order valence-corrected chi connectivity index (χ0v) is 19.3. The Balaban J connectivity index is 3.45. The van der Waals surface area contributed by atoms with Gasteiger partial charge in [-0.1, -0.05) is 64.0 Å². The van der Waals surface area contributed by atoms with Gasteiger partial charge in [0.2, 0.25) is 5.91 Å². The minimum absolute atomic E-state index is 0.101. The predicted molar refractivity (Wildman–Crippen MR) is 122 cm³/mol. The van der Waals surface area contributed by atoms with Crippen LogP contribution in [0.25, 0.3) is 0 Å². The van der Waals surface area contributed by atoms with Gasteiger partial charge in [-0.3, -0.25) is 14.5 Å². The molecule has 0 saturated carbocycles. The van der Waals surface area contributed by atoms with Crippen LogP contribution in [0.2, 0.25) is 0 Å². The van der Waals surface area contributed by atoms with Crippen LogP contribution in [0, 0.1) is 0 Å². The van der Waals surface area contributed by atoms with Crippen molar-refractivity contribution in [2.75, 3.05) is 20.6 Å². The lowest BCUT2D eigenvalue weighted by Crippen LogP contribution is -2.35. The SMILES string of the molecule is CCCCCCCCCC/C=C/CCCC(=O)NCCCC[C@@H](C(=O)O)N(C)C. The molecule has 5 nitrogen and oxygen atoms in total. The normalized spacial score (nSPS) is 12.6. The van der Waals surface area contributed by atoms with Crippen LogP contribution in [-0.4, -0.2) is 48.6 Å². The fourth-order valence-corrected chi connectivity index (χ4v) is 3.39. The molecule has 0 spiro atoms. The first kappa shape index (κ1) is 27.6. The molecule has 0 aliphatic rings. The first-order valence-corrected chi connectivity index (χ1v) is 11.8. The van der Waals surface area contributed by atoms with Crippen molar-refractivity contribution in [3.8, 4) is 0 Å². The molecule has 0 aromatic carbocycles. The number of allylic oxidation sites excluding steroid dienone is 2. The van der Waals surface area contributed by atoms with E-state index in [1.54, 1.807) is 19.0 Å². The summed E-state index contributed by atoms with van der Waals surface area (Å²) in [6.07, 6.45) is 21.1. The lowest BCUT2D eigenvalue weighted by atomic mass is 10.1. The number of carbonyl (C=O) groups is 2. The Morgan fingerprint density at radius 3 is 2.03 bits per heavy atom. The van der Waals surface area contributed by atoms with Gasteiger partial charge in [0.25, 0.3) is 0 Å². The first-order valence-electron chi connectivity index (χ1n) is 11.8. The first-order chi connectivity index (χ1) is 14.0. The molecule has 0 bridgehead atoms. The predicted octanol–water partition coefficient (Wildman–Crippen LogP) is 5.55. The Hall–Kier alpha value is -1.36. The summed E-state index contributed by atoms with van der Waals surface area (Å²) in [7, 11) is 3.56. The lowest BCUT2D eigenvalue weighted by molar-refractivity contribution is -0.142. The molecule has 0 aliphatic carbocycles. The van der Waals surface area contributed by atoms with Gasteiger partial charge < -0.3 is 10.4 Å². The van der Waals surface area contributed by atoms with E-state index in [0.717, 1.165) is 32.1 Å². The van der Waals surface area contributed by atoms with Crippen LogP contribution in [0.1, 0.15) is 103 Å². The molecule has 0 aromatic rings. The number of carboxylic acids is 1. The van der Waals surface area contributed by atoms with Crippen molar-refractivity contribution in [1.82, 2.24) is 10.2 Å². The van der Waals surface area contributed by atoms with Crippen LogP contribution in [-0.2, 0) is 9.59 Å². The number of carboxylic acid groups (broad SMARTS) is 1. The Morgan fingerprint density at radius 2 is 1.45 bits per heavy atom. The summed E-state index contributed by atoms with van der Waals surface area (Å²) in [6.45, 7) is 2.89. The van der Waals surface area contributed by atoms with Crippen LogP contribution in [0.3, 0.4) is 0 Å². The Bertz CT molecular complexity index is 436. The highest BCUT2D eigenvalue weighted by Crippen LogP contribution is 2.10. The van der Waals surface area contributed by atoms with Gasteiger partial charge in [0.1, 0.15) is 6.04 Å². The number of aliphatic carboxylic acids is 1. The molecule has 0 fully saturated rings. The number of nitrogens with zero attached hydrogens (tertiary/aromatic N) is 1. The fraction of sp³-hybridized carbons (Fsp3) is 0.833. The average molecular weight is 411 g/mol. The second-order valence-electron chi connectivity index (χ2n) is 8.29. The van der Waals surface area contributed by atoms with Crippen molar-refractivity contribution < 1.29 is 14.7 Å². The van der Waals surface area contributed by atoms with E-state index < -0.39 is 12.0 Å². The summed E-state index contributed by atoms with van der Waals surface area (Å²) in [6, 6.07) is -0.441. The van der Waals surface area contributed by atoms with Crippen molar-refractivity contribution in [3.05, 3.63) is 12.2 Å². The minimum Gasteiger partial charge on any atom is -0.480 e. The van der Waals surface area contributed by atoms with E-state index in [9.17, 15) is 9.59 Å². The third-order valence-electron chi connectivity index (χ3n) is 5.30. The lowest BCUT2D eigenvalue weighted by Gasteiger charge is -2.19. The highest BCUT2D eigenvalue weighted by atomic mass is 16.4. The standard InChI is InChI=1S/C24H46N2O3/c1-4-5-6-7-8-9-10-11-12-13-14-15-16-20-23(27)25-21-18-17-19-22(24(28)29)26(2)3/h13-14,22H,4-12,15-21H2,1-3H3,(H,25,27)(H,28,29)/b14-13+/t22-/m0/s1. The number of rotatable bonds is 20. The summed E-state index contributed by atoms with van der Waals surface area (Å²) < 4.78 is 0. The molecule has 29 heavy (non-hydrogen) atoms. The topological polar surface area (TPSA) is 69.6 Å². The molecular formula is C24H46N2O3. The van der Waals surface area contributed by atoms with Crippen LogP contribution in [0.4, 0.5) is 0 Å². The van der Waals surface area contributed by atoms with Crippen LogP contribution in [0.5, 0.6) is 0 Å². The summed E-state index contributed by atoms with van der Waals surface area (Å²) in [5, 5.41) is 12.1. The summed E-state index contributed by atoms with van der Waals surface area (Å²) in [5.41, 5.74) is 0. The third kappa shape index (κ3) is 18.4. The maximum atomic E-state index is 11.8.